The van der Waals surface area contributed by atoms with E-state index in [1.165, 1.54) is 12.1 Å². The lowest BCUT2D eigenvalue weighted by atomic mass is 9.99. The number of carbonyl (C=O) groups is 1. The number of sulfone groups is 1. The van der Waals surface area contributed by atoms with Crippen LogP contribution in [0.4, 0.5) is 4.39 Å². The van der Waals surface area contributed by atoms with Crippen LogP contribution in [0, 0.1) is 5.82 Å². The number of aliphatic carboxylic acids is 1. The summed E-state index contributed by atoms with van der Waals surface area (Å²) in [5.74, 6) is -3.50. The van der Waals surface area contributed by atoms with Gasteiger partial charge in [0.15, 0.2) is 9.84 Å². The molecule has 1 aromatic rings. The Hall–Kier alpha value is -1.47. The standard InChI is InChI=1S/C10H12FNO4S/c1-17(15,16)9-6(3-2-4-8(9)11)7(5-12)10(13)14/h2-4,7H,5,12H2,1H3,(H,13,14). The van der Waals surface area contributed by atoms with E-state index in [0.29, 0.717) is 0 Å². The zero-order valence-electron chi connectivity index (χ0n) is 9.05. The van der Waals surface area contributed by atoms with Crippen molar-refractivity contribution in [3.63, 3.8) is 0 Å². The average molecular weight is 261 g/mol. The Morgan fingerprint density at radius 2 is 2.12 bits per heavy atom. The molecule has 0 saturated heterocycles. The smallest absolute Gasteiger partial charge is 0.312 e. The van der Waals surface area contributed by atoms with Gasteiger partial charge in [0.1, 0.15) is 10.7 Å². The fourth-order valence-electron chi connectivity index (χ4n) is 1.55. The van der Waals surface area contributed by atoms with Crippen molar-refractivity contribution in [1.29, 1.82) is 0 Å². The second kappa shape index (κ2) is 4.80. The van der Waals surface area contributed by atoms with Gasteiger partial charge in [0.05, 0.1) is 5.92 Å². The molecule has 0 aliphatic rings. The first kappa shape index (κ1) is 13.6. The summed E-state index contributed by atoms with van der Waals surface area (Å²) in [5, 5.41) is 8.91. The zero-order valence-corrected chi connectivity index (χ0v) is 9.87. The van der Waals surface area contributed by atoms with E-state index in [1.807, 2.05) is 0 Å². The monoisotopic (exact) mass is 261 g/mol. The molecule has 0 saturated carbocycles. The molecule has 94 valence electrons. The first-order valence-electron chi connectivity index (χ1n) is 4.70. The molecule has 0 fully saturated rings. The van der Waals surface area contributed by atoms with Gasteiger partial charge in [0, 0.05) is 12.8 Å². The maximum atomic E-state index is 13.5. The lowest BCUT2D eigenvalue weighted by molar-refractivity contribution is -0.138. The van der Waals surface area contributed by atoms with Crippen LogP contribution in [0.5, 0.6) is 0 Å². The molecule has 0 aliphatic carbocycles. The second-order valence-corrected chi connectivity index (χ2v) is 5.51. The van der Waals surface area contributed by atoms with Gasteiger partial charge in [-0.05, 0) is 11.6 Å². The van der Waals surface area contributed by atoms with Crippen LogP contribution in [-0.4, -0.2) is 32.3 Å². The summed E-state index contributed by atoms with van der Waals surface area (Å²) in [6, 6.07) is 3.48. The summed E-state index contributed by atoms with van der Waals surface area (Å²) < 4.78 is 36.4. The minimum absolute atomic E-state index is 0.123. The minimum Gasteiger partial charge on any atom is -0.481 e. The highest BCUT2D eigenvalue weighted by atomic mass is 32.2. The number of hydrogen-bond donors (Lipinski definition) is 2. The summed E-state index contributed by atoms with van der Waals surface area (Å²) in [5.41, 5.74) is 5.15. The van der Waals surface area contributed by atoms with Crippen LogP contribution in [0.3, 0.4) is 0 Å². The van der Waals surface area contributed by atoms with E-state index < -0.39 is 32.4 Å². The van der Waals surface area contributed by atoms with Crippen LogP contribution in [0.15, 0.2) is 23.1 Å². The molecule has 1 aromatic carbocycles. The van der Waals surface area contributed by atoms with Crippen LogP contribution in [0.25, 0.3) is 0 Å². The molecule has 1 atom stereocenters. The molecule has 0 amide bonds. The number of carboxylic acid groups (broad SMARTS) is 1. The first-order valence-corrected chi connectivity index (χ1v) is 6.59. The Bertz CT molecular complexity index is 541. The Labute approximate surface area is 98.0 Å². The van der Waals surface area contributed by atoms with E-state index in [0.717, 1.165) is 12.3 Å². The fraction of sp³-hybridized carbons (Fsp3) is 0.300. The van der Waals surface area contributed by atoms with Crippen molar-refractivity contribution in [3.05, 3.63) is 29.6 Å². The number of rotatable bonds is 4. The van der Waals surface area contributed by atoms with E-state index in [-0.39, 0.29) is 12.1 Å². The van der Waals surface area contributed by atoms with E-state index in [2.05, 4.69) is 0 Å². The van der Waals surface area contributed by atoms with Gasteiger partial charge in [0.2, 0.25) is 0 Å². The SMILES string of the molecule is CS(=O)(=O)c1c(F)cccc1C(CN)C(=O)O. The van der Waals surface area contributed by atoms with Crippen molar-refractivity contribution in [2.45, 2.75) is 10.8 Å². The molecule has 0 aromatic heterocycles. The summed E-state index contributed by atoms with van der Waals surface area (Å²) in [7, 11) is -3.85. The molecule has 17 heavy (non-hydrogen) atoms. The molecule has 0 bridgehead atoms. The molecule has 0 aliphatic heterocycles. The Balaban J connectivity index is 3.54. The number of hydrogen-bond acceptors (Lipinski definition) is 4. The molecular weight excluding hydrogens is 249 g/mol. The molecule has 0 spiro atoms. The maximum Gasteiger partial charge on any atom is 0.312 e. The third-order valence-corrected chi connectivity index (χ3v) is 3.45. The van der Waals surface area contributed by atoms with E-state index in [1.54, 1.807) is 0 Å². The maximum absolute atomic E-state index is 13.5. The molecule has 7 heteroatoms. The van der Waals surface area contributed by atoms with Crippen LogP contribution >= 0.6 is 0 Å². The molecular formula is C10H12FNO4S. The van der Waals surface area contributed by atoms with Crippen molar-refractivity contribution in [3.8, 4) is 0 Å². The normalized spacial score (nSPS) is 13.4. The number of benzene rings is 1. The van der Waals surface area contributed by atoms with Crippen molar-refractivity contribution in [1.82, 2.24) is 0 Å². The van der Waals surface area contributed by atoms with Crippen molar-refractivity contribution in [2.24, 2.45) is 5.73 Å². The quantitative estimate of drug-likeness (QED) is 0.815. The van der Waals surface area contributed by atoms with Gasteiger partial charge in [-0.2, -0.15) is 0 Å². The second-order valence-electron chi connectivity index (χ2n) is 3.56. The topological polar surface area (TPSA) is 97.5 Å². The van der Waals surface area contributed by atoms with Crippen LogP contribution in [0.2, 0.25) is 0 Å². The zero-order chi connectivity index (χ0) is 13.2. The summed E-state index contributed by atoms with van der Waals surface area (Å²) in [6.45, 7) is -0.304. The lowest BCUT2D eigenvalue weighted by Crippen LogP contribution is -2.23. The number of nitrogens with two attached hydrogens (primary N) is 1. The Morgan fingerprint density at radius 3 is 2.53 bits per heavy atom. The van der Waals surface area contributed by atoms with Crippen LogP contribution in [0.1, 0.15) is 11.5 Å². The number of carboxylic acids is 1. The highest BCUT2D eigenvalue weighted by Gasteiger charge is 2.27. The lowest BCUT2D eigenvalue weighted by Gasteiger charge is -2.14. The van der Waals surface area contributed by atoms with Gasteiger partial charge in [-0.15, -0.1) is 0 Å². The summed E-state index contributed by atoms with van der Waals surface area (Å²) in [6.07, 6.45) is 0.824. The van der Waals surface area contributed by atoms with Gasteiger partial charge in [-0.1, -0.05) is 12.1 Å². The molecule has 0 heterocycles. The van der Waals surface area contributed by atoms with Crippen molar-refractivity contribution in [2.75, 3.05) is 12.8 Å². The highest BCUT2D eigenvalue weighted by Crippen LogP contribution is 2.26. The predicted molar refractivity (Wildman–Crippen MR) is 58.9 cm³/mol. The molecule has 1 rings (SSSR count). The van der Waals surface area contributed by atoms with Gasteiger partial charge in [0.25, 0.3) is 0 Å². The minimum atomic E-state index is -3.85. The number of halogens is 1. The van der Waals surface area contributed by atoms with Gasteiger partial charge in [-0.25, -0.2) is 12.8 Å². The van der Waals surface area contributed by atoms with Gasteiger partial charge >= 0.3 is 5.97 Å². The third kappa shape index (κ3) is 2.80. The Morgan fingerprint density at radius 1 is 1.53 bits per heavy atom. The third-order valence-electron chi connectivity index (χ3n) is 2.28. The van der Waals surface area contributed by atoms with Crippen LogP contribution < -0.4 is 5.73 Å². The first-order chi connectivity index (χ1) is 7.79. The van der Waals surface area contributed by atoms with Crippen molar-refractivity contribution >= 4 is 15.8 Å². The fourth-order valence-corrected chi connectivity index (χ4v) is 2.61. The van der Waals surface area contributed by atoms with E-state index >= 15 is 0 Å². The average Bonchev–Trinajstić information content (AvgIpc) is 2.15. The van der Waals surface area contributed by atoms with Crippen LogP contribution in [-0.2, 0) is 14.6 Å². The molecule has 1 unspecified atom stereocenters. The predicted octanol–water partition coefficient (Wildman–Crippen LogP) is 0.356. The Kier molecular flexibility index (Phi) is 3.84. The summed E-state index contributed by atoms with van der Waals surface area (Å²) >= 11 is 0. The highest BCUT2D eigenvalue weighted by molar-refractivity contribution is 7.90. The van der Waals surface area contributed by atoms with Crippen molar-refractivity contribution < 1.29 is 22.7 Å². The molecule has 5 nitrogen and oxygen atoms in total. The largest absolute Gasteiger partial charge is 0.481 e. The molecule has 0 radical (unpaired) electrons. The van der Waals surface area contributed by atoms with E-state index in [9.17, 15) is 17.6 Å². The molecule has 3 N–H and O–H groups in total. The van der Waals surface area contributed by atoms with Gasteiger partial charge < -0.3 is 10.8 Å². The summed E-state index contributed by atoms with van der Waals surface area (Å²) in [4.78, 5) is 10.3. The van der Waals surface area contributed by atoms with Gasteiger partial charge in [-0.3, -0.25) is 4.79 Å². The van der Waals surface area contributed by atoms with E-state index in [4.69, 9.17) is 10.8 Å².